The van der Waals surface area contributed by atoms with Crippen molar-refractivity contribution in [2.24, 2.45) is 11.8 Å². The van der Waals surface area contributed by atoms with E-state index in [1.807, 2.05) is 0 Å². The highest BCUT2D eigenvalue weighted by Gasteiger charge is 2.21. The maximum atomic E-state index is 5.55. The lowest BCUT2D eigenvalue weighted by Gasteiger charge is -2.22. The molecule has 1 aliphatic heterocycles. The van der Waals surface area contributed by atoms with Crippen LogP contribution >= 0.6 is 0 Å². The molecule has 1 N–H and O–H groups in total. The molecule has 1 fully saturated rings. The molecule has 2 unspecified atom stereocenters. The second-order valence-corrected chi connectivity index (χ2v) is 6.82. The molecule has 1 aromatic carbocycles. The van der Waals surface area contributed by atoms with E-state index in [4.69, 9.17) is 4.74 Å². The normalized spacial score (nSPS) is 20.1. The summed E-state index contributed by atoms with van der Waals surface area (Å²) in [6, 6.07) is 9.65. The van der Waals surface area contributed by atoms with Crippen molar-refractivity contribution >= 4 is 0 Å². The van der Waals surface area contributed by atoms with Crippen LogP contribution < -0.4 is 5.32 Å². The minimum Gasteiger partial charge on any atom is -0.381 e. The van der Waals surface area contributed by atoms with Gasteiger partial charge in [0.2, 0.25) is 0 Å². The molecule has 0 aromatic heterocycles. The summed E-state index contributed by atoms with van der Waals surface area (Å²) >= 11 is 0. The summed E-state index contributed by atoms with van der Waals surface area (Å²) in [5.74, 6) is 1.43. The molecule has 1 saturated heterocycles. The molecule has 0 spiro atoms. The number of ether oxygens (including phenoxy) is 1. The Morgan fingerprint density at radius 1 is 1.33 bits per heavy atom. The van der Waals surface area contributed by atoms with Crippen LogP contribution in [0.15, 0.2) is 24.3 Å². The molecular weight excluding hydrogens is 258 g/mol. The monoisotopic (exact) mass is 289 g/mol. The Morgan fingerprint density at radius 2 is 2.19 bits per heavy atom. The topological polar surface area (TPSA) is 21.3 Å². The second kappa shape index (κ2) is 8.55. The first-order chi connectivity index (χ1) is 10.2. The van der Waals surface area contributed by atoms with E-state index in [1.165, 1.54) is 36.8 Å². The fourth-order valence-corrected chi connectivity index (χ4v) is 3.17. The van der Waals surface area contributed by atoms with E-state index >= 15 is 0 Å². The van der Waals surface area contributed by atoms with Gasteiger partial charge in [-0.25, -0.2) is 0 Å². The van der Waals surface area contributed by atoms with Gasteiger partial charge in [-0.05, 0) is 55.2 Å². The Morgan fingerprint density at radius 3 is 2.86 bits per heavy atom. The highest BCUT2D eigenvalue weighted by atomic mass is 16.5. The van der Waals surface area contributed by atoms with Crippen LogP contribution in [0.25, 0.3) is 0 Å². The Kier molecular flexibility index (Phi) is 6.72. The van der Waals surface area contributed by atoms with E-state index in [9.17, 15) is 0 Å². The van der Waals surface area contributed by atoms with Gasteiger partial charge < -0.3 is 10.1 Å². The van der Waals surface area contributed by atoms with E-state index in [0.717, 1.165) is 19.8 Å². The van der Waals surface area contributed by atoms with Gasteiger partial charge in [-0.2, -0.15) is 0 Å². The van der Waals surface area contributed by atoms with E-state index in [1.54, 1.807) is 0 Å². The molecular formula is C19H31NO. The second-order valence-electron chi connectivity index (χ2n) is 6.82. The average molecular weight is 289 g/mol. The Labute approximate surface area is 130 Å². The Hall–Kier alpha value is -0.860. The smallest absolute Gasteiger partial charge is 0.0495 e. The molecule has 118 valence electrons. The van der Waals surface area contributed by atoms with Crippen LogP contribution in [0.3, 0.4) is 0 Å². The summed E-state index contributed by atoms with van der Waals surface area (Å²) in [6.45, 7) is 9.78. The van der Waals surface area contributed by atoms with Crippen LogP contribution in [-0.2, 0) is 11.2 Å². The SMILES string of the molecule is CCCNC(CC1CCOC1)c1cccc(CC(C)C)c1. The first kappa shape index (κ1) is 16.5. The summed E-state index contributed by atoms with van der Waals surface area (Å²) in [5.41, 5.74) is 2.92. The lowest BCUT2D eigenvalue weighted by atomic mass is 9.92. The summed E-state index contributed by atoms with van der Waals surface area (Å²) in [7, 11) is 0. The van der Waals surface area contributed by atoms with E-state index < -0.39 is 0 Å². The maximum Gasteiger partial charge on any atom is 0.0495 e. The van der Waals surface area contributed by atoms with Crippen molar-refractivity contribution in [1.29, 1.82) is 0 Å². The third-order valence-corrected chi connectivity index (χ3v) is 4.23. The lowest BCUT2D eigenvalue weighted by molar-refractivity contribution is 0.181. The molecule has 21 heavy (non-hydrogen) atoms. The summed E-state index contributed by atoms with van der Waals surface area (Å²) in [4.78, 5) is 0. The molecule has 1 aliphatic rings. The van der Waals surface area contributed by atoms with Crippen molar-refractivity contribution in [3.05, 3.63) is 35.4 Å². The summed E-state index contributed by atoms with van der Waals surface area (Å²) in [6.07, 6.45) is 4.77. The minimum atomic E-state index is 0.476. The van der Waals surface area contributed by atoms with Gasteiger partial charge in [-0.1, -0.05) is 45.0 Å². The van der Waals surface area contributed by atoms with Crippen molar-refractivity contribution in [3.63, 3.8) is 0 Å². The molecule has 1 heterocycles. The van der Waals surface area contributed by atoms with Gasteiger partial charge in [0.05, 0.1) is 0 Å². The van der Waals surface area contributed by atoms with Crippen molar-refractivity contribution in [3.8, 4) is 0 Å². The predicted molar refractivity (Wildman–Crippen MR) is 89.6 cm³/mol. The highest BCUT2D eigenvalue weighted by Crippen LogP contribution is 2.27. The van der Waals surface area contributed by atoms with Crippen LogP contribution in [0.1, 0.15) is 57.2 Å². The molecule has 0 saturated carbocycles. The molecule has 0 radical (unpaired) electrons. The van der Waals surface area contributed by atoms with E-state index in [0.29, 0.717) is 17.9 Å². The third-order valence-electron chi connectivity index (χ3n) is 4.23. The average Bonchev–Trinajstić information content (AvgIpc) is 2.96. The van der Waals surface area contributed by atoms with Crippen molar-refractivity contribution in [2.45, 2.75) is 52.5 Å². The molecule has 2 heteroatoms. The van der Waals surface area contributed by atoms with Crippen LogP contribution in [0, 0.1) is 11.8 Å². The van der Waals surface area contributed by atoms with Crippen molar-refractivity contribution in [2.75, 3.05) is 19.8 Å². The van der Waals surface area contributed by atoms with Crippen molar-refractivity contribution in [1.82, 2.24) is 5.32 Å². The van der Waals surface area contributed by atoms with Gasteiger partial charge >= 0.3 is 0 Å². The van der Waals surface area contributed by atoms with Gasteiger partial charge in [0.1, 0.15) is 0 Å². The quantitative estimate of drug-likeness (QED) is 0.768. The minimum absolute atomic E-state index is 0.476. The van der Waals surface area contributed by atoms with Crippen LogP contribution in [0.2, 0.25) is 0 Å². The molecule has 2 nitrogen and oxygen atoms in total. The number of rotatable bonds is 8. The van der Waals surface area contributed by atoms with Gasteiger partial charge in [-0.15, -0.1) is 0 Å². The predicted octanol–water partition coefficient (Wildman–Crippen LogP) is 4.35. The van der Waals surface area contributed by atoms with Gasteiger partial charge in [-0.3, -0.25) is 0 Å². The zero-order chi connectivity index (χ0) is 15.1. The maximum absolute atomic E-state index is 5.55. The summed E-state index contributed by atoms with van der Waals surface area (Å²) in [5, 5.41) is 3.74. The first-order valence-corrected chi connectivity index (χ1v) is 8.59. The van der Waals surface area contributed by atoms with Gasteiger partial charge in [0, 0.05) is 19.3 Å². The van der Waals surface area contributed by atoms with E-state index in [2.05, 4.69) is 50.4 Å². The molecule has 2 atom stereocenters. The molecule has 1 aromatic rings. The van der Waals surface area contributed by atoms with Crippen LogP contribution in [0.4, 0.5) is 0 Å². The van der Waals surface area contributed by atoms with Crippen LogP contribution in [-0.4, -0.2) is 19.8 Å². The molecule has 0 bridgehead atoms. The third kappa shape index (κ3) is 5.44. The number of nitrogens with one attached hydrogen (secondary N) is 1. The van der Waals surface area contributed by atoms with E-state index in [-0.39, 0.29) is 0 Å². The molecule has 0 amide bonds. The standard InChI is InChI=1S/C19H31NO/c1-4-9-20-19(13-17-8-10-21-14-17)18-7-5-6-16(12-18)11-15(2)3/h5-7,12,15,17,19-20H,4,8-11,13-14H2,1-3H3. The first-order valence-electron chi connectivity index (χ1n) is 8.59. The summed E-state index contributed by atoms with van der Waals surface area (Å²) < 4.78 is 5.55. The van der Waals surface area contributed by atoms with Crippen LogP contribution in [0.5, 0.6) is 0 Å². The van der Waals surface area contributed by atoms with Gasteiger partial charge in [0.15, 0.2) is 0 Å². The number of benzene rings is 1. The fourth-order valence-electron chi connectivity index (χ4n) is 3.17. The molecule has 2 rings (SSSR count). The fraction of sp³-hybridized carbons (Fsp3) is 0.684. The van der Waals surface area contributed by atoms with Crippen molar-refractivity contribution < 1.29 is 4.74 Å². The van der Waals surface area contributed by atoms with Gasteiger partial charge in [0.25, 0.3) is 0 Å². The number of hydrogen-bond acceptors (Lipinski definition) is 2. The zero-order valence-electron chi connectivity index (χ0n) is 13.9. The Balaban J connectivity index is 2.06. The lowest BCUT2D eigenvalue weighted by Crippen LogP contribution is -2.25. The number of hydrogen-bond donors (Lipinski definition) is 1. The largest absolute Gasteiger partial charge is 0.381 e. The molecule has 0 aliphatic carbocycles. The zero-order valence-corrected chi connectivity index (χ0v) is 13.9. The highest BCUT2D eigenvalue weighted by molar-refractivity contribution is 5.26. The Bertz CT molecular complexity index is 410.